The smallest absolute Gasteiger partial charge is 0.317 e. The predicted octanol–water partition coefficient (Wildman–Crippen LogP) is 2.96. The second-order valence-electron chi connectivity index (χ2n) is 6.40. The minimum atomic E-state index is -0.328. The van der Waals surface area contributed by atoms with Gasteiger partial charge in [-0.25, -0.2) is 9.18 Å². The number of benzene rings is 1. The molecule has 26 heavy (non-hydrogen) atoms. The minimum Gasteiger partial charge on any atom is -0.469 e. The fourth-order valence-electron chi connectivity index (χ4n) is 3.03. The zero-order chi connectivity index (χ0) is 18.7. The summed E-state index contributed by atoms with van der Waals surface area (Å²) in [7, 11) is 0. The summed E-state index contributed by atoms with van der Waals surface area (Å²) >= 11 is 0. The first kappa shape index (κ1) is 18.0. The zero-order valence-electron chi connectivity index (χ0n) is 14.9. The molecule has 1 fully saturated rings. The van der Waals surface area contributed by atoms with Crippen molar-refractivity contribution < 1.29 is 18.4 Å². The summed E-state index contributed by atoms with van der Waals surface area (Å²) < 4.78 is 18.5. The summed E-state index contributed by atoms with van der Waals surface area (Å²) in [6.07, 6.45) is 1.50. The Morgan fingerprint density at radius 1 is 1.15 bits per heavy atom. The number of urea groups is 1. The van der Waals surface area contributed by atoms with Crippen LogP contribution in [0.5, 0.6) is 0 Å². The van der Waals surface area contributed by atoms with Crippen molar-refractivity contribution in [2.75, 3.05) is 26.2 Å². The van der Waals surface area contributed by atoms with Gasteiger partial charge in [-0.2, -0.15) is 0 Å². The van der Waals surface area contributed by atoms with Crippen LogP contribution in [0.15, 0.2) is 41.0 Å². The summed E-state index contributed by atoms with van der Waals surface area (Å²) in [6, 6.07) is 7.33. The highest BCUT2D eigenvalue weighted by atomic mass is 19.1. The molecule has 7 heteroatoms. The van der Waals surface area contributed by atoms with Crippen LogP contribution in [-0.4, -0.2) is 47.9 Å². The van der Waals surface area contributed by atoms with E-state index < -0.39 is 0 Å². The van der Waals surface area contributed by atoms with Gasteiger partial charge in [0.05, 0.1) is 17.9 Å². The zero-order valence-corrected chi connectivity index (χ0v) is 14.9. The number of nitrogens with zero attached hydrogens (tertiary/aromatic N) is 2. The van der Waals surface area contributed by atoms with Crippen molar-refractivity contribution in [2.24, 2.45) is 0 Å². The minimum absolute atomic E-state index is 0.0792. The van der Waals surface area contributed by atoms with E-state index in [1.807, 2.05) is 6.92 Å². The molecule has 0 radical (unpaired) electrons. The highest BCUT2D eigenvalue weighted by Gasteiger charge is 2.27. The van der Waals surface area contributed by atoms with E-state index in [1.54, 1.807) is 34.9 Å². The van der Waals surface area contributed by atoms with E-state index in [9.17, 15) is 14.0 Å². The molecule has 2 aromatic rings. The van der Waals surface area contributed by atoms with Gasteiger partial charge >= 0.3 is 6.03 Å². The second-order valence-corrected chi connectivity index (χ2v) is 6.40. The van der Waals surface area contributed by atoms with Crippen molar-refractivity contribution in [3.05, 3.63) is 59.3 Å². The van der Waals surface area contributed by atoms with Gasteiger partial charge in [0, 0.05) is 26.2 Å². The summed E-state index contributed by atoms with van der Waals surface area (Å²) in [5, 5.41) is 2.88. The maximum Gasteiger partial charge on any atom is 0.317 e. The lowest BCUT2D eigenvalue weighted by Gasteiger charge is -2.35. The van der Waals surface area contributed by atoms with Crippen molar-refractivity contribution in [2.45, 2.75) is 19.9 Å². The first-order valence-corrected chi connectivity index (χ1v) is 8.60. The number of hydrogen-bond acceptors (Lipinski definition) is 3. The Balaban J connectivity index is 1.53. The van der Waals surface area contributed by atoms with Crippen LogP contribution in [0.4, 0.5) is 9.18 Å². The number of furan rings is 1. The Labute approximate surface area is 151 Å². The fraction of sp³-hybridized carbons (Fsp3) is 0.368. The second kappa shape index (κ2) is 7.59. The summed E-state index contributed by atoms with van der Waals surface area (Å²) in [5.41, 5.74) is 1.27. The number of amides is 3. The molecule has 3 rings (SSSR count). The number of hydrogen-bond donors (Lipinski definition) is 1. The van der Waals surface area contributed by atoms with E-state index >= 15 is 0 Å². The standard InChI is InChI=1S/C19H22FN3O3/c1-13(15-4-3-5-16(20)12-15)21-19(25)23-9-7-22(8-10-23)18(24)17-6-11-26-14(17)2/h3-6,11-13H,7-10H2,1-2H3,(H,21,25)/t13-/m1/s1. The van der Waals surface area contributed by atoms with Crippen LogP contribution in [0.3, 0.4) is 0 Å². The van der Waals surface area contributed by atoms with Crippen molar-refractivity contribution in [1.29, 1.82) is 0 Å². The molecule has 1 N–H and O–H groups in total. The Hall–Kier alpha value is -2.83. The maximum atomic E-state index is 13.3. The summed E-state index contributed by atoms with van der Waals surface area (Å²) in [5.74, 6) is 0.189. The molecule has 1 aromatic heterocycles. The van der Waals surface area contributed by atoms with E-state index in [0.29, 0.717) is 43.1 Å². The van der Waals surface area contributed by atoms with Crippen LogP contribution in [0.1, 0.15) is 34.6 Å². The first-order valence-electron chi connectivity index (χ1n) is 8.60. The Bertz CT molecular complexity index is 797. The third-order valence-electron chi connectivity index (χ3n) is 4.63. The average Bonchev–Trinajstić information content (AvgIpc) is 3.07. The van der Waals surface area contributed by atoms with E-state index in [4.69, 9.17) is 4.42 Å². The van der Waals surface area contributed by atoms with E-state index in [1.165, 1.54) is 18.4 Å². The van der Waals surface area contributed by atoms with Gasteiger partial charge in [0.2, 0.25) is 0 Å². The summed E-state index contributed by atoms with van der Waals surface area (Å²) in [6.45, 7) is 5.39. The SMILES string of the molecule is Cc1occc1C(=O)N1CCN(C(=O)N[C@H](C)c2cccc(F)c2)CC1. The van der Waals surface area contributed by atoms with Crippen LogP contribution < -0.4 is 5.32 Å². The molecular formula is C19H22FN3O3. The molecule has 0 aliphatic carbocycles. The normalized spacial score (nSPS) is 15.7. The molecule has 1 aliphatic rings. The van der Waals surface area contributed by atoms with Crippen molar-refractivity contribution in [3.63, 3.8) is 0 Å². The molecule has 1 aromatic carbocycles. The summed E-state index contributed by atoms with van der Waals surface area (Å²) in [4.78, 5) is 28.3. The lowest BCUT2D eigenvalue weighted by molar-refractivity contribution is 0.0662. The molecule has 3 amide bonds. The van der Waals surface area contributed by atoms with Gasteiger partial charge in [0.15, 0.2) is 0 Å². The molecule has 0 unspecified atom stereocenters. The third-order valence-corrected chi connectivity index (χ3v) is 4.63. The van der Waals surface area contributed by atoms with Crippen LogP contribution >= 0.6 is 0 Å². The molecule has 0 bridgehead atoms. The largest absolute Gasteiger partial charge is 0.469 e. The molecule has 0 spiro atoms. The lowest BCUT2D eigenvalue weighted by atomic mass is 10.1. The molecule has 1 aliphatic heterocycles. The molecular weight excluding hydrogens is 337 g/mol. The molecule has 0 saturated carbocycles. The Kier molecular flexibility index (Phi) is 5.25. The average molecular weight is 359 g/mol. The Morgan fingerprint density at radius 2 is 1.85 bits per heavy atom. The van der Waals surface area contributed by atoms with Crippen LogP contribution in [-0.2, 0) is 0 Å². The number of halogens is 1. The van der Waals surface area contributed by atoms with Gasteiger partial charge in [-0.05, 0) is 37.6 Å². The fourth-order valence-corrected chi connectivity index (χ4v) is 3.03. The van der Waals surface area contributed by atoms with Gasteiger partial charge in [-0.1, -0.05) is 12.1 Å². The third kappa shape index (κ3) is 3.87. The van der Waals surface area contributed by atoms with Crippen molar-refractivity contribution >= 4 is 11.9 Å². The topological polar surface area (TPSA) is 65.8 Å². The van der Waals surface area contributed by atoms with Crippen LogP contribution in [0.2, 0.25) is 0 Å². The quantitative estimate of drug-likeness (QED) is 0.916. The highest BCUT2D eigenvalue weighted by molar-refractivity contribution is 5.95. The Morgan fingerprint density at radius 3 is 2.46 bits per heavy atom. The van der Waals surface area contributed by atoms with Crippen molar-refractivity contribution in [3.8, 4) is 0 Å². The van der Waals surface area contributed by atoms with E-state index in [0.717, 1.165) is 0 Å². The first-order chi connectivity index (χ1) is 12.5. The molecule has 138 valence electrons. The molecule has 1 atom stereocenters. The lowest BCUT2D eigenvalue weighted by Crippen LogP contribution is -2.53. The molecule has 1 saturated heterocycles. The van der Waals surface area contributed by atoms with Crippen LogP contribution in [0, 0.1) is 12.7 Å². The number of nitrogens with one attached hydrogen (secondary N) is 1. The van der Waals surface area contributed by atoms with Gasteiger partial charge < -0.3 is 19.5 Å². The van der Waals surface area contributed by atoms with Gasteiger partial charge in [0.1, 0.15) is 11.6 Å². The maximum absolute atomic E-state index is 13.3. The van der Waals surface area contributed by atoms with E-state index in [-0.39, 0.29) is 23.8 Å². The molecule has 2 heterocycles. The van der Waals surface area contributed by atoms with E-state index in [2.05, 4.69) is 5.32 Å². The van der Waals surface area contributed by atoms with Gasteiger partial charge in [-0.3, -0.25) is 4.79 Å². The van der Waals surface area contributed by atoms with Crippen molar-refractivity contribution in [1.82, 2.24) is 15.1 Å². The number of piperazine rings is 1. The number of carbonyl (C=O) groups excluding carboxylic acids is 2. The predicted molar refractivity (Wildman–Crippen MR) is 94.3 cm³/mol. The number of aryl methyl sites for hydroxylation is 1. The number of carbonyl (C=O) groups is 2. The highest BCUT2D eigenvalue weighted by Crippen LogP contribution is 2.16. The van der Waals surface area contributed by atoms with Crippen LogP contribution in [0.25, 0.3) is 0 Å². The number of rotatable bonds is 3. The monoisotopic (exact) mass is 359 g/mol. The molecule has 6 nitrogen and oxygen atoms in total. The van der Waals surface area contributed by atoms with Gasteiger partial charge in [0.25, 0.3) is 5.91 Å². The van der Waals surface area contributed by atoms with Gasteiger partial charge in [-0.15, -0.1) is 0 Å².